The molecule has 1 saturated heterocycles. The van der Waals surface area contributed by atoms with E-state index in [2.05, 4.69) is 23.5 Å². The molecule has 0 saturated carbocycles. The first-order chi connectivity index (χ1) is 27.9. The maximum atomic E-state index is 15.0. The van der Waals surface area contributed by atoms with Gasteiger partial charge in [-0.3, -0.25) is 13.9 Å². The van der Waals surface area contributed by atoms with E-state index in [9.17, 15) is 18.5 Å². The SMILES string of the molecule is CCNc1cc(-n2ccn(-c3c4c(nn3-c3cc(C)c(F)c(C)c3)CCN(C(=O)c3cc5cc(C6CCOCC6)ccc5n3C)[C@H]4C)c2=O)ccc1P(=O)(CC)CC. The molecule has 0 spiro atoms. The molecule has 5 heterocycles. The summed E-state index contributed by atoms with van der Waals surface area (Å²) in [5.74, 6) is 0.544. The summed E-state index contributed by atoms with van der Waals surface area (Å²) in [4.78, 5) is 31.2. The molecule has 1 atom stereocenters. The van der Waals surface area contributed by atoms with Crippen molar-refractivity contribution in [2.75, 3.05) is 43.9 Å². The van der Waals surface area contributed by atoms with Gasteiger partial charge in [0.25, 0.3) is 5.91 Å². The molecule has 3 aromatic carbocycles. The second kappa shape index (κ2) is 15.5. The van der Waals surface area contributed by atoms with Gasteiger partial charge in [-0.2, -0.15) is 5.10 Å². The first-order valence-corrected chi connectivity index (χ1v) is 22.6. The van der Waals surface area contributed by atoms with Crippen LogP contribution in [0.3, 0.4) is 0 Å². The molecule has 0 bridgehead atoms. The average Bonchev–Trinajstić information content (AvgIpc) is 3.92. The molecule has 13 heteroatoms. The van der Waals surface area contributed by atoms with Gasteiger partial charge in [0.1, 0.15) is 24.5 Å². The highest BCUT2D eigenvalue weighted by molar-refractivity contribution is 7.71. The third kappa shape index (κ3) is 6.64. The molecule has 0 unspecified atom stereocenters. The molecular formula is C45H53FN7O4P. The van der Waals surface area contributed by atoms with Crippen molar-refractivity contribution in [2.24, 2.45) is 7.05 Å². The van der Waals surface area contributed by atoms with E-state index in [0.717, 1.165) is 59.2 Å². The molecule has 6 aromatic rings. The van der Waals surface area contributed by atoms with E-state index >= 15 is 0 Å². The Kier molecular flexibility index (Phi) is 10.6. The van der Waals surface area contributed by atoms with Gasteiger partial charge in [-0.25, -0.2) is 13.9 Å². The second-order valence-corrected chi connectivity index (χ2v) is 19.3. The van der Waals surface area contributed by atoms with Gasteiger partial charge in [-0.05, 0) is 112 Å². The number of anilines is 1. The van der Waals surface area contributed by atoms with E-state index in [1.165, 1.54) is 5.56 Å². The van der Waals surface area contributed by atoms with Crippen LogP contribution in [0.5, 0.6) is 0 Å². The van der Waals surface area contributed by atoms with E-state index in [1.54, 1.807) is 52.2 Å². The quantitative estimate of drug-likeness (QED) is 0.140. The van der Waals surface area contributed by atoms with Crippen LogP contribution in [-0.4, -0.2) is 72.9 Å². The number of hydrogen-bond acceptors (Lipinski definition) is 6. The zero-order chi connectivity index (χ0) is 41.0. The molecule has 1 fully saturated rings. The van der Waals surface area contributed by atoms with E-state index in [4.69, 9.17) is 9.84 Å². The lowest BCUT2D eigenvalue weighted by Crippen LogP contribution is -2.40. The van der Waals surface area contributed by atoms with Gasteiger partial charge in [0.15, 0.2) is 0 Å². The lowest BCUT2D eigenvalue weighted by molar-refractivity contribution is 0.0667. The van der Waals surface area contributed by atoms with Crippen molar-refractivity contribution in [1.29, 1.82) is 0 Å². The van der Waals surface area contributed by atoms with Crippen LogP contribution >= 0.6 is 7.14 Å². The van der Waals surface area contributed by atoms with Crippen molar-refractivity contribution in [2.45, 2.75) is 72.8 Å². The van der Waals surface area contributed by atoms with Gasteiger partial charge in [-0.15, -0.1) is 0 Å². The number of nitrogens with one attached hydrogen (secondary N) is 1. The minimum Gasteiger partial charge on any atom is -0.385 e. The van der Waals surface area contributed by atoms with Crippen LogP contribution in [0.15, 0.2) is 71.8 Å². The Labute approximate surface area is 338 Å². The fraction of sp³-hybridized carbons (Fsp3) is 0.400. The maximum Gasteiger partial charge on any atom is 0.338 e. The number of amides is 1. The van der Waals surface area contributed by atoms with Gasteiger partial charge in [0, 0.05) is 91.9 Å². The van der Waals surface area contributed by atoms with Crippen molar-refractivity contribution in [1.82, 2.24) is 28.4 Å². The monoisotopic (exact) mass is 805 g/mol. The summed E-state index contributed by atoms with van der Waals surface area (Å²) in [6.07, 6.45) is 6.98. The molecule has 2 aliphatic heterocycles. The molecular weight excluding hydrogens is 753 g/mol. The molecule has 0 aliphatic carbocycles. The van der Waals surface area contributed by atoms with Crippen molar-refractivity contribution >= 4 is 34.9 Å². The number of fused-ring (bicyclic) bond motifs is 2. The molecule has 0 radical (unpaired) electrons. The van der Waals surface area contributed by atoms with Crippen LogP contribution < -0.4 is 16.3 Å². The van der Waals surface area contributed by atoms with Crippen LogP contribution in [0.25, 0.3) is 28.1 Å². The summed E-state index contributed by atoms with van der Waals surface area (Å²) >= 11 is 0. The maximum absolute atomic E-state index is 15.0. The smallest absolute Gasteiger partial charge is 0.338 e. The predicted octanol–water partition coefficient (Wildman–Crippen LogP) is 8.18. The molecule has 3 aromatic heterocycles. The van der Waals surface area contributed by atoms with Gasteiger partial charge >= 0.3 is 5.69 Å². The Morgan fingerprint density at radius 3 is 2.34 bits per heavy atom. The first-order valence-electron chi connectivity index (χ1n) is 20.5. The molecule has 1 N–H and O–H groups in total. The Hall–Kier alpha value is -5.19. The van der Waals surface area contributed by atoms with E-state index in [1.807, 2.05) is 68.5 Å². The van der Waals surface area contributed by atoms with E-state index in [-0.39, 0.29) is 17.4 Å². The van der Waals surface area contributed by atoms with Crippen LogP contribution in [0.4, 0.5) is 10.1 Å². The number of rotatable bonds is 10. The van der Waals surface area contributed by atoms with E-state index in [0.29, 0.717) is 71.8 Å². The van der Waals surface area contributed by atoms with Gasteiger partial charge in [0.05, 0.1) is 23.1 Å². The van der Waals surface area contributed by atoms with Crippen LogP contribution in [0, 0.1) is 19.7 Å². The summed E-state index contributed by atoms with van der Waals surface area (Å²) in [5.41, 5.74) is 6.97. The normalized spacial score (nSPS) is 16.3. The summed E-state index contributed by atoms with van der Waals surface area (Å²) in [7, 11) is -0.683. The van der Waals surface area contributed by atoms with Crippen molar-refractivity contribution < 1.29 is 18.5 Å². The number of halogens is 1. The number of carbonyl (C=O) groups is 1. The number of aryl methyl sites for hydroxylation is 3. The molecule has 8 rings (SSSR count). The molecule has 2 aliphatic rings. The van der Waals surface area contributed by atoms with Crippen LogP contribution in [-0.2, 0) is 22.8 Å². The number of hydrogen-bond donors (Lipinski definition) is 1. The standard InChI is InChI=1S/C45H53FN7O4P/c1-8-47-37-27-34(12-14-40(37)58(56,9-2)10-3)51-19-20-52(45(51)55)43-41-30(6)50(18-15-36(41)48-53(43)35-23-28(4)42(46)29(5)24-35)44(54)39-26-33-25-32(11-13-38(33)49(39)7)31-16-21-57-22-17-31/h11-14,19-20,23-27,30-31,47H,8-10,15-18,21-22H2,1-7H3/t30-/m0/s1. The molecule has 1 amide bonds. The Morgan fingerprint density at radius 2 is 1.66 bits per heavy atom. The number of imidazole rings is 1. The highest BCUT2D eigenvalue weighted by atomic mass is 31.2. The van der Waals surface area contributed by atoms with Crippen LogP contribution in [0.1, 0.15) is 90.9 Å². The number of ether oxygens (including phenoxy) is 1. The topological polar surface area (TPSA) is 108 Å². The van der Waals surface area contributed by atoms with Crippen LogP contribution in [0.2, 0.25) is 0 Å². The molecule has 304 valence electrons. The number of nitrogens with zero attached hydrogens (tertiary/aromatic N) is 6. The van der Waals surface area contributed by atoms with E-state index < -0.39 is 13.2 Å². The first kappa shape index (κ1) is 39.6. The summed E-state index contributed by atoms with van der Waals surface area (Å²) in [6, 6.07) is 17.1. The molecule has 58 heavy (non-hydrogen) atoms. The summed E-state index contributed by atoms with van der Waals surface area (Å²) in [5, 5.41) is 10.3. The van der Waals surface area contributed by atoms with Crippen molar-refractivity contribution in [3.8, 4) is 17.2 Å². The fourth-order valence-corrected chi connectivity index (χ4v) is 11.1. The Balaban J connectivity index is 1.23. The fourth-order valence-electron chi connectivity index (χ4n) is 9.05. The zero-order valence-electron chi connectivity index (χ0n) is 34.5. The van der Waals surface area contributed by atoms with Gasteiger partial charge in [-0.1, -0.05) is 19.9 Å². The third-order valence-corrected chi connectivity index (χ3v) is 15.8. The highest BCUT2D eigenvalue weighted by Gasteiger charge is 2.37. The summed E-state index contributed by atoms with van der Waals surface area (Å²) in [6.45, 7) is 13.9. The lowest BCUT2D eigenvalue weighted by atomic mass is 9.91. The number of benzene rings is 3. The minimum atomic E-state index is -2.62. The Bertz CT molecular complexity index is 2630. The number of aromatic nitrogens is 5. The number of carbonyl (C=O) groups excluding carboxylic acids is 1. The minimum absolute atomic E-state index is 0.103. The largest absolute Gasteiger partial charge is 0.385 e. The second-order valence-electron chi connectivity index (χ2n) is 15.8. The highest BCUT2D eigenvalue weighted by Crippen LogP contribution is 2.46. The van der Waals surface area contributed by atoms with Crippen molar-refractivity contribution in [3.05, 3.63) is 117 Å². The van der Waals surface area contributed by atoms with Gasteiger partial charge < -0.3 is 24.1 Å². The lowest BCUT2D eigenvalue weighted by Gasteiger charge is -2.33. The third-order valence-electron chi connectivity index (χ3n) is 12.4. The van der Waals surface area contributed by atoms with Gasteiger partial charge in [0.2, 0.25) is 0 Å². The Morgan fingerprint density at radius 1 is 0.948 bits per heavy atom. The summed E-state index contributed by atoms with van der Waals surface area (Å²) < 4.78 is 41.3. The average molecular weight is 806 g/mol. The zero-order valence-corrected chi connectivity index (χ0v) is 35.4. The molecule has 11 nitrogen and oxygen atoms in total. The predicted molar refractivity (Wildman–Crippen MR) is 229 cm³/mol. The van der Waals surface area contributed by atoms with Crippen molar-refractivity contribution in [3.63, 3.8) is 0 Å².